The van der Waals surface area contributed by atoms with Crippen molar-refractivity contribution in [3.63, 3.8) is 0 Å². The van der Waals surface area contributed by atoms with Crippen molar-refractivity contribution >= 4 is 33.6 Å². The number of amides is 2. The minimum atomic E-state index is -0.831. The highest BCUT2D eigenvalue weighted by molar-refractivity contribution is 9.10. The molecule has 1 saturated heterocycles. The van der Waals surface area contributed by atoms with Crippen LogP contribution in [0.5, 0.6) is 0 Å². The maximum Gasteiger partial charge on any atom is 0.321 e. The zero-order valence-electron chi connectivity index (χ0n) is 11.2. The number of urea groups is 1. The van der Waals surface area contributed by atoms with Gasteiger partial charge in [0, 0.05) is 23.2 Å². The zero-order valence-corrected chi connectivity index (χ0v) is 12.8. The number of hydrogen-bond donors (Lipinski definition) is 2. The fourth-order valence-corrected chi connectivity index (χ4v) is 2.80. The van der Waals surface area contributed by atoms with Gasteiger partial charge in [-0.25, -0.2) is 4.79 Å². The molecule has 0 spiro atoms. The number of hydrogen-bond acceptors (Lipinski definition) is 2. The van der Waals surface area contributed by atoms with Gasteiger partial charge in [0.1, 0.15) is 0 Å². The van der Waals surface area contributed by atoms with Gasteiger partial charge >= 0.3 is 12.0 Å². The van der Waals surface area contributed by atoms with E-state index in [0.717, 1.165) is 22.1 Å². The van der Waals surface area contributed by atoms with Gasteiger partial charge in [-0.15, -0.1) is 0 Å². The quantitative estimate of drug-likeness (QED) is 0.869. The number of nitrogens with one attached hydrogen (secondary N) is 1. The molecule has 1 atom stereocenters. The maximum atomic E-state index is 12.2. The molecule has 0 aromatic heterocycles. The molecule has 0 bridgehead atoms. The molecule has 2 rings (SSSR count). The molecular weight excluding hydrogens is 324 g/mol. The molecule has 1 fully saturated rings. The number of likely N-dealkylation sites (tertiary alicyclic amines) is 1. The summed E-state index contributed by atoms with van der Waals surface area (Å²) in [5.74, 6) is -1.29. The van der Waals surface area contributed by atoms with Crippen LogP contribution in [0.3, 0.4) is 0 Å². The lowest BCUT2D eigenvalue weighted by Crippen LogP contribution is -2.44. The maximum absolute atomic E-state index is 12.2. The predicted molar refractivity (Wildman–Crippen MR) is 79.8 cm³/mol. The summed E-state index contributed by atoms with van der Waals surface area (Å²) in [6.45, 7) is 2.79. The Morgan fingerprint density at radius 2 is 2.20 bits per heavy atom. The van der Waals surface area contributed by atoms with Crippen LogP contribution < -0.4 is 5.32 Å². The Hall–Kier alpha value is -1.56. The van der Waals surface area contributed by atoms with Gasteiger partial charge in [-0.05, 0) is 43.5 Å². The molecule has 1 aliphatic rings. The number of aliphatic carboxylic acids is 1. The standard InChI is InChI=1S/C14H17BrN2O3/c1-9-7-11(15)4-5-12(9)16-14(20)17-6-2-3-10(8-17)13(18)19/h4-5,7,10H,2-3,6,8H2,1H3,(H,16,20)(H,18,19)/t10-/m0/s1. The number of anilines is 1. The number of aryl methyl sites for hydroxylation is 1. The lowest BCUT2D eigenvalue weighted by molar-refractivity contribution is -0.143. The van der Waals surface area contributed by atoms with Gasteiger partial charge in [-0.1, -0.05) is 15.9 Å². The van der Waals surface area contributed by atoms with Gasteiger partial charge in [0.25, 0.3) is 0 Å². The van der Waals surface area contributed by atoms with Crippen molar-refractivity contribution in [2.75, 3.05) is 18.4 Å². The van der Waals surface area contributed by atoms with Crippen molar-refractivity contribution in [2.24, 2.45) is 5.92 Å². The predicted octanol–water partition coefficient (Wildman–Crippen LogP) is 3.09. The number of piperidine rings is 1. The van der Waals surface area contributed by atoms with Crippen LogP contribution in [0.2, 0.25) is 0 Å². The first kappa shape index (κ1) is 14.8. The molecule has 0 aliphatic carbocycles. The van der Waals surface area contributed by atoms with Crippen molar-refractivity contribution in [2.45, 2.75) is 19.8 Å². The van der Waals surface area contributed by atoms with E-state index in [-0.39, 0.29) is 12.6 Å². The minimum absolute atomic E-state index is 0.235. The van der Waals surface area contributed by atoms with E-state index in [2.05, 4.69) is 21.2 Å². The average molecular weight is 341 g/mol. The first-order valence-corrected chi connectivity index (χ1v) is 7.31. The second-order valence-corrected chi connectivity index (χ2v) is 5.93. The number of benzene rings is 1. The van der Waals surface area contributed by atoms with Gasteiger partial charge in [-0.3, -0.25) is 4.79 Å². The Balaban J connectivity index is 2.02. The average Bonchev–Trinajstić information content (AvgIpc) is 2.42. The van der Waals surface area contributed by atoms with Crippen LogP contribution in [0.4, 0.5) is 10.5 Å². The fraction of sp³-hybridized carbons (Fsp3) is 0.429. The summed E-state index contributed by atoms with van der Waals surface area (Å²) < 4.78 is 0.955. The third kappa shape index (κ3) is 3.50. The lowest BCUT2D eigenvalue weighted by atomic mass is 9.99. The largest absolute Gasteiger partial charge is 0.481 e. The fourth-order valence-electron chi connectivity index (χ4n) is 2.32. The zero-order chi connectivity index (χ0) is 14.7. The van der Waals surface area contributed by atoms with Crippen molar-refractivity contribution in [1.82, 2.24) is 4.90 Å². The number of carbonyl (C=O) groups excluding carboxylic acids is 1. The summed E-state index contributed by atoms with van der Waals surface area (Å²) in [4.78, 5) is 24.8. The van der Waals surface area contributed by atoms with Gasteiger partial charge in [-0.2, -0.15) is 0 Å². The second-order valence-electron chi connectivity index (χ2n) is 5.01. The van der Waals surface area contributed by atoms with E-state index in [1.807, 2.05) is 25.1 Å². The number of carboxylic acids is 1. The van der Waals surface area contributed by atoms with E-state index in [1.54, 1.807) is 4.90 Å². The molecular formula is C14H17BrN2O3. The molecule has 2 N–H and O–H groups in total. The van der Waals surface area contributed by atoms with Gasteiger partial charge in [0.2, 0.25) is 0 Å². The summed E-state index contributed by atoms with van der Waals surface area (Å²) in [7, 11) is 0. The molecule has 0 unspecified atom stereocenters. The van der Waals surface area contributed by atoms with E-state index >= 15 is 0 Å². The minimum Gasteiger partial charge on any atom is -0.481 e. The summed E-state index contributed by atoms with van der Waals surface area (Å²) in [5.41, 5.74) is 1.70. The number of nitrogens with zero attached hydrogens (tertiary/aromatic N) is 1. The molecule has 1 aromatic rings. The highest BCUT2D eigenvalue weighted by atomic mass is 79.9. The van der Waals surface area contributed by atoms with Crippen molar-refractivity contribution in [1.29, 1.82) is 0 Å². The highest BCUT2D eigenvalue weighted by Gasteiger charge is 2.28. The molecule has 2 amide bonds. The van der Waals surface area contributed by atoms with Crippen LogP contribution in [0.1, 0.15) is 18.4 Å². The SMILES string of the molecule is Cc1cc(Br)ccc1NC(=O)N1CCC[C@H](C(=O)O)C1. The molecule has 1 heterocycles. The number of carbonyl (C=O) groups is 2. The van der Waals surface area contributed by atoms with Crippen molar-refractivity contribution in [3.8, 4) is 0 Å². The van der Waals surface area contributed by atoms with Crippen LogP contribution in [0.15, 0.2) is 22.7 Å². The van der Waals surface area contributed by atoms with Gasteiger partial charge < -0.3 is 15.3 Å². The van der Waals surface area contributed by atoms with E-state index in [4.69, 9.17) is 5.11 Å². The van der Waals surface area contributed by atoms with E-state index in [1.165, 1.54) is 0 Å². The monoisotopic (exact) mass is 340 g/mol. The van der Waals surface area contributed by atoms with Crippen LogP contribution in [-0.4, -0.2) is 35.1 Å². The lowest BCUT2D eigenvalue weighted by Gasteiger charge is -2.30. The normalized spacial score (nSPS) is 18.7. The highest BCUT2D eigenvalue weighted by Crippen LogP contribution is 2.22. The topological polar surface area (TPSA) is 69.6 Å². The molecule has 5 nitrogen and oxygen atoms in total. The number of carboxylic acid groups (broad SMARTS) is 1. The first-order valence-electron chi connectivity index (χ1n) is 6.52. The summed E-state index contributed by atoms with van der Waals surface area (Å²) in [5, 5.41) is 11.9. The van der Waals surface area contributed by atoms with Crippen LogP contribution in [-0.2, 0) is 4.79 Å². The molecule has 108 valence electrons. The summed E-state index contributed by atoms with van der Waals surface area (Å²) in [6.07, 6.45) is 1.36. The Labute approximate surface area is 126 Å². The summed E-state index contributed by atoms with van der Waals surface area (Å²) >= 11 is 3.37. The first-order chi connectivity index (χ1) is 9.47. The number of rotatable bonds is 2. The number of halogens is 1. The molecule has 0 radical (unpaired) electrons. The van der Waals surface area contributed by atoms with E-state index in [9.17, 15) is 9.59 Å². The molecule has 1 aliphatic heterocycles. The molecule has 6 heteroatoms. The summed E-state index contributed by atoms with van der Waals surface area (Å²) in [6, 6.07) is 5.38. The molecule has 20 heavy (non-hydrogen) atoms. The smallest absolute Gasteiger partial charge is 0.321 e. The second kappa shape index (κ2) is 6.26. The van der Waals surface area contributed by atoms with E-state index < -0.39 is 11.9 Å². The third-order valence-corrected chi connectivity index (χ3v) is 3.98. The Morgan fingerprint density at radius 3 is 2.85 bits per heavy atom. The third-order valence-electron chi connectivity index (χ3n) is 3.49. The van der Waals surface area contributed by atoms with Crippen LogP contribution in [0.25, 0.3) is 0 Å². The Kier molecular flexibility index (Phi) is 4.65. The van der Waals surface area contributed by atoms with Crippen LogP contribution >= 0.6 is 15.9 Å². The molecule has 0 saturated carbocycles. The van der Waals surface area contributed by atoms with Crippen LogP contribution in [0, 0.1) is 12.8 Å². The Bertz CT molecular complexity index is 533. The van der Waals surface area contributed by atoms with E-state index in [0.29, 0.717) is 13.0 Å². The Morgan fingerprint density at radius 1 is 1.45 bits per heavy atom. The molecule has 1 aromatic carbocycles. The van der Waals surface area contributed by atoms with Crippen molar-refractivity contribution < 1.29 is 14.7 Å². The van der Waals surface area contributed by atoms with Gasteiger partial charge in [0.05, 0.1) is 5.92 Å². The van der Waals surface area contributed by atoms with Gasteiger partial charge in [0.15, 0.2) is 0 Å². The van der Waals surface area contributed by atoms with Crippen molar-refractivity contribution in [3.05, 3.63) is 28.2 Å².